The number of rotatable bonds is 10. The number of hydrogen-bond acceptors (Lipinski definition) is 4. The number of carbonyl (C=O) groups is 1. The van der Waals surface area contributed by atoms with Gasteiger partial charge in [0.1, 0.15) is 6.61 Å². The van der Waals surface area contributed by atoms with Crippen LogP contribution in [0.3, 0.4) is 0 Å². The third-order valence-electron chi connectivity index (χ3n) is 4.94. The van der Waals surface area contributed by atoms with Crippen molar-refractivity contribution in [3.63, 3.8) is 0 Å². The molecular weight excluding hydrogens is 530 g/mol. The van der Waals surface area contributed by atoms with Crippen LogP contribution in [0.1, 0.15) is 29.2 Å². The van der Waals surface area contributed by atoms with Crippen molar-refractivity contribution < 1.29 is 14.3 Å². The van der Waals surface area contributed by atoms with Crippen LogP contribution in [0.5, 0.6) is 11.5 Å². The Kier molecular flexibility index (Phi) is 9.76. The molecule has 6 nitrogen and oxygen atoms in total. The van der Waals surface area contributed by atoms with Gasteiger partial charge in [-0.1, -0.05) is 51.8 Å². The molecule has 2 N–H and O–H groups in total. The van der Waals surface area contributed by atoms with E-state index in [0.717, 1.165) is 26.7 Å². The van der Waals surface area contributed by atoms with Crippen molar-refractivity contribution in [2.75, 3.05) is 11.9 Å². The van der Waals surface area contributed by atoms with Crippen LogP contribution < -0.4 is 20.2 Å². The number of anilines is 1. The van der Waals surface area contributed by atoms with Crippen LogP contribution in [-0.2, 0) is 13.0 Å². The van der Waals surface area contributed by atoms with Crippen LogP contribution in [0.25, 0.3) is 0 Å². The van der Waals surface area contributed by atoms with Crippen LogP contribution in [-0.4, -0.2) is 18.9 Å². The zero-order valence-electron chi connectivity index (χ0n) is 19.6. The first kappa shape index (κ1) is 26.3. The van der Waals surface area contributed by atoms with Crippen LogP contribution in [0, 0.1) is 6.92 Å². The lowest BCUT2D eigenvalue weighted by Gasteiger charge is -2.17. The number of ether oxygens (including phenoxy) is 2. The van der Waals surface area contributed by atoms with Gasteiger partial charge in [-0.05, 0) is 67.8 Å². The SMILES string of the molecule is C=CCc1cc(/C=N/NC(=O)Nc2ccc(Br)c(C)c2)cc(OCC)c1OCc1ccccc1Cl. The molecule has 0 aliphatic heterocycles. The Labute approximate surface area is 219 Å². The van der Waals surface area contributed by atoms with Crippen LogP contribution in [0.4, 0.5) is 10.5 Å². The Morgan fingerprint density at radius 3 is 2.66 bits per heavy atom. The average Bonchev–Trinajstić information content (AvgIpc) is 2.82. The fraction of sp³-hybridized carbons (Fsp3) is 0.185. The molecule has 182 valence electrons. The first-order valence-electron chi connectivity index (χ1n) is 11.0. The molecule has 0 heterocycles. The van der Waals surface area contributed by atoms with E-state index in [2.05, 4.69) is 38.4 Å². The first-order chi connectivity index (χ1) is 16.9. The molecule has 0 spiro atoms. The highest BCUT2D eigenvalue weighted by Crippen LogP contribution is 2.34. The van der Waals surface area contributed by atoms with Gasteiger partial charge in [-0.2, -0.15) is 5.10 Å². The zero-order valence-corrected chi connectivity index (χ0v) is 21.9. The molecule has 3 aromatic carbocycles. The van der Waals surface area contributed by atoms with Gasteiger partial charge in [0.2, 0.25) is 0 Å². The number of benzene rings is 3. The highest BCUT2D eigenvalue weighted by Gasteiger charge is 2.14. The summed E-state index contributed by atoms with van der Waals surface area (Å²) in [5.41, 5.74) is 6.68. The molecule has 0 atom stereocenters. The minimum atomic E-state index is -0.445. The fourth-order valence-corrected chi connectivity index (χ4v) is 3.74. The quantitative estimate of drug-likeness (QED) is 0.157. The van der Waals surface area contributed by atoms with E-state index in [1.807, 2.05) is 62.4 Å². The molecule has 0 aromatic heterocycles. The Morgan fingerprint density at radius 2 is 1.94 bits per heavy atom. The second-order valence-electron chi connectivity index (χ2n) is 7.60. The van der Waals surface area contributed by atoms with Crippen LogP contribution in [0.2, 0.25) is 5.02 Å². The summed E-state index contributed by atoms with van der Waals surface area (Å²) in [6.45, 7) is 8.47. The molecule has 0 aliphatic carbocycles. The van der Waals surface area contributed by atoms with E-state index in [4.69, 9.17) is 21.1 Å². The minimum absolute atomic E-state index is 0.300. The molecule has 0 fully saturated rings. The third-order valence-corrected chi connectivity index (χ3v) is 6.20. The number of halogens is 2. The average molecular weight is 557 g/mol. The summed E-state index contributed by atoms with van der Waals surface area (Å²) in [5, 5.41) is 7.47. The van der Waals surface area contributed by atoms with Gasteiger partial charge in [0.25, 0.3) is 0 Å². The molecule has 3 rings (SSSR count). The highest BCUT2D eigenvalue weighted by atomic mass is 79.9. The van der Waals surface area contributed by atoms with E-state index in [1.54, 1.807) is 18.4 Å². The molecule has 0 unspecified atom stereocenters. The molecule has 35 heavy (non-hydrogen) atoms. The second-order valence-corrected chi connectivity index (χ2v) is 8.86. The minimum Gasteiger partial charge on any atom is -0.490 e. The number of aryl methyl sites for hydroxylation is 1. The molecule has 0 saturated carbocycles. The predicted molar refractivity (Wildman–Crippen MR) is 146 cm³/mol. The first-order valence-corrected chi connectivity index (χ1v) is 12.2. The Bertz CT molecular complexity index is 1230. The number of nitrogens with one attached hydrogen (secondary N) is 2. The monoisotopic (exact) mass is 555 g/mol. The summed E-state index contributed by atoms with van der Waals surface area (Å²) < 4.78 is 13.0. The topological polar surface area (TPSA) is 72.0 Å². The molecule has 0 aliphatic rings. The van der Waals surface area contributed by atoms with Gasteiger partial charge in [0, 0.05) is 26.3 Å². The molecule has 2 amide bonds. The van der Waals surface area contributed by atoms with Gasteiger partial charge < -0.3 is 14.8 Å². The maximum absolute atomic E-state index is 12.2. The van der Waals surface area contributed by atoms with Crippen LogP contribution in [0.15, 0.2) is 76.8 Å². The largest absolute Gasteiger partial charge is 0.490 e. The van der Waals surface area contributed by atoms with Gasteiger partial charge in [-0.3, -0.25) is 0 Å². The molecule has 0 saturated heterocycles. The van der Waals surface area contributed by atoms with Gasteiger partial charge in [-0.25, -0.2) is 10.2 Å². The Hall–Kier alpha value is -3.29. The van der Waals surface area contributed by atoms with Crippen LogP contribution >= 0.6 is 27.5 Å². The number of hydrazone groups is 1. The van der Waals surface area contributed by atoms with Crippen molar-refractivity contribution in [1.29, 1.82) is 0 Å². The van der Waals surface area contributed by atoms with Crippen molar-refractivity contribution >= 4 is 45.5 Å². The molecular formula is C27H27BrClN3O3. The smallest absolute Gasteiger partial charge is 0.339 e. The number of carbonyl (C=O) groups excluding carboxylic acids is 1. The summed E-state index contributed by atoms with van der Waals surface area (Å²) >= 11 is 9.72. The highest BCUT2D eigenvalue weighted by molar-refractivity contribution is 9.10. The number of hydrogen-bond donors (Lipinski definition) is 2. The lowest BCUT2D eigenvalue weighted by molar-refractivity contribution is 0.252. The van der Waals surface area contributed by atoms with Gasteiger partial charge in [0.15, 0.2) is 11.5 Å². The van der Waals surface area contributed by atoms with Crippen molar-refractivity contribution in [2.45, 2.75) is 26.9 Å². The maximum Gasteiger partial charge on any atom is 0.339 e. The number of allylic oxidation sites excluding steroid dienone is 1. The van der Waals surface area contributed by atoms with Crippen molar-refractivity contribution in [3.8, 4) is 11.5 Å². The van der Waals surface area contributed by atoms with E-state index in [1.165, 1.54) is 0 Å². The summed E-state index contributed by atoms with van der Waals surface area (Å²) in [6, 6.07) is 16.4. The summed E-state index contributed by atoms with van der Waals surface area (Å²) in [7, 11) is 0. The molecule has 0 radical (unpaired) electrons. The lowest BCUT2D eigenvalue weighted by atomic mass is 10.1. The molecule has 8 heteroatoms. The fourth-order valence-electron chi connectivity index (χ4n) is 3.30. The normalized spacial score (nSPS) is 10.7. The second kappa shape index (κ2) is 13.0. The standard InChI is InChI=1S/C27H27BrClN3O3/c1-4-8-20-14-19(16-30-32-27(33)31-22-11-12-23(28)18(3)13-22)15-25(34-5-2)26(20)35-17-21-9-6-7-10-24(21)29/h4,6-7,9-16H,1,5,8,17H2,2-3H3,(H2,31,32,33)/b30-16+. The number of nitrogens with zero attached hydrogens (tertiary/aromatic N) is 1. The van der Waals surface area contributed by atoms with Crippen molar-refractivity contribution in [2.24, 2.45) is 5.10 Å². The predicted octanol–water partition coefficient (Wildman–Crippen LogP) is 7.27. The van der Waals surface area contributed by atoms with Crippen molar-refractivity contribution in [1.82, 2.24) is 5.43 Å². The van der Waals surface area contributed by atoms with Gasteiger partial charge in [-0.15, -0.1) is 6.58 Å². The maximum atomic E-state index is 12.2. The number of amides is 2. The summed E-state index contributed by atoms with van der Waals surface area (Å²) in [6.07, 6.45) is 3.91. The Balaban J connectivity index is 1.75. The number of urea groups is 1. The van der Waals surface area contributed by atoms with E-state index >= 15 is 0 Å². The third kappa shape index (κ3) is 7.60. The van der Waals surface area contributed by atoms with E-state index < -0.39 is 6.03 Å². The van der Waals surface area contributed by atoms with E-state index in [-0.39, 0.29) is 0 Å². The zero-order chi connectivity index (χ0) is 25.2. The lowest BCUT2D eigenvalue weighted by Crippen LogP contribution is -2.24. The molecule has 3 aromatic rings. The molecule has 0 bridgehead atoms. The summed E-state index contributed by atoms with van der Waals surface area (Å²) in [5.74, 6) is 1.20. The van der Waals surface area contributed by atoms with Gasteiger partial charge in [0.05, 0.1) is 12.8 Å². The Morgan fingerprint density at radius 1 is 1.14 bits per heavy atom. The van der Waals surface area contributed by atoms with E-state index in [9.17, 15) is 4.79 Å². The van der Waals surface area contributed by atoms with E-state index in [0.29, 0.717) is 41.8 Å². The van der Waals surface area contributed by atoms with Gasteiger partial charge >= 0.3 is 6.03 Å². The summed E-state index contributed by atoms with van der Waals surface area (Å²) in [4.78, 5) is 12.2. The van der Waals surface area contributed by atoms with Crippen molar-refractivity contribution in [3.05, 3.63) is 99.0 Å².